The SMILES string of the molecule is Cc1cc(Nc2ncnc3cc(C)[c]([Ru])cc23)ccc1F. The third-order valence-electron chi connectivity index (χ3n) is 3.32. The van der Waals surface area contributed by atoms with Gasteiger partial charge in [0, 0.05) is 0 Å². The van der Waals surface area contributed by atoms with Gasteiger partial charge in [0.1, 0.15) is 0 Å². The molecule has 0 saturated heterocycles. The Hall–Kier alpha value is -1.87. The van der Waals surface area contributed by atoms with E-state index in [1.54, 1.807) is 19.1 Å². The van der Waals surface area contributed by atoms with Crippen LogP contribution in [-0.4, -0.2) is 9.97 Å². The van der Waals surface area contributed by atoms with Crippen LogP contribution >= 0.6 is 0 Å². The summed E-state index contributed by atoms with van der Waals surface area (Å²) in [5.41, 5.74) is 3.46. The molecule has 0 radical (unpaired) electrons. The quantitative estimate of drug-likeness (QED) is 0.707. The molecule has 0 saturated carbocycles. The number of anilines is 2. The van der Waals surface area contributed by atoms with E-state index in [2.05, 4.69) is 33.6 Å². The van der Waals surface area contributed by atoms with Crippen molar-refractivity contribution in [3.63, 3.8) is 0 Å². The fourth-order valence-electron chi connectivity index (χ4n) is 2.13. The summed E-state index contributed by atoms with van der Waals surface area (Å²) < 4.78 is 14.5. The number of hydrogen-bond donors (Lipinski definition) is 1. The Kier molecular flexibility index (Phi) is 3.68. The first kappa shape index (κ1) is 14.1. The fourth-order valence-corrected chi connectivity index (χ4v) is 2.51. The zero-order chi connectivity index (χ0) is 15.0. The van der Waals surface area contributed by atoms with Gasteiger partial charge in [0.2, 0.25) is 0 Å². The van der Waals surface area contributed by atoms with Gasteiger partial charge >= 0.3 is 132 Å². The fraction of sp³-hybridized carbons (Fsp3) is 0.125. The number of halogens is 1. The van der Waals surface area contributed by atoms with E-state index in [1.165, 1.54) is 18.0 Å². The molecule has 0 fully saturated rings. The van der Waals surface area contributed by atoms with E-state index in [0.717, 1.165) is 26.6 Å². The molecule has 1 heterocycles. The predicted molar refractivity (Wildman–Crippen MR) is 78.3 cm³/mol. The number of aryl methyl sites for hydroxylation is 2. The minimum atomic E-state index is -0.212. The molecule has 2 aromatic carbocycles. The van der Waals surface area contributed by atoms with E-state index in [0.29, 0.717) is 5.56 Å². The summed E-state index contributed by atoms with van der Waals surface area (Å²) in [5.74, 6) is 0.508. The van der Waals surface area contributed by atoms with E-state index >= 15 is 0 Å². The van der Waals surface area contributed by atoms with Crippen LogP contribution in [0.2, 0.25) is 0 Å². The van der Waals surface area contributed by atoms with Gasteiger partial charge in [-0.25, -0.2) is 0 Å². The molecule has 3 aromatic rings. The first-order valence-corrected chi connectivity index (χ1v) is 7.34. The molecule has 0 unspecified atom stereocenters. The van der Waals surface area contributed by atoms with Crippen LogP contribution in [0, 0.1) is 19.7 Å². The molecule has 5 heteroatoms. The summed E-state index contributed by atoms with van der Waals surface area (Å²) >= 11 is 2.61. The zero-order valence-corrected chi connectivity index (χ0v) is 13.3. The molecule has 1 N–H and O–H groups in total. The number of nitrogens with zero attached hydrogens (tertiary/aromatic N) is 2. The van der Waals surface area contributed by atoms with Crippen LogP contribution in [0.4, 0.5) is 15.9 Å². The second kappa shape index (κ2) is 5.49. The third kappa shape index (κ3) is 2.79. The molecule has 3 rings (SSSR count). The van der Waals surface area contributed by atoms with Crippen molar-refractivity contribution in [2.75, 3.05) is 5.32 Å². The van der Waals surface area contributed by atoms with Crippen molar-refractivity contribution in [3.8, 4) is 0 Å². The Morgan fingerprint density at radius 1 is 1.05 bits per heavy atom. The van der Waals surface area contributed by atoms with E-state index < -0.39 is 0 Å². The Labute approximate surface area is 132 Å². The molecular weight excluding hydrogens is 354 g/mol. The third-order valence-corrected chi connectivity index (χ3v) is 4.26. The number of aromatic nitrogens is 2. The average Bonchev–Trinajstić information content (AvgIpc) is 2.45. The van der Waals surface area contributed by atoms with Crippen LogP contribution in [0.5, 0.6) is 0 Å². The summed E-state index contributed by atoms with van der Waals surface area (Å²) in [6, 6.07) is 8.99. The number of hydrogen-bond acceptors (Lipinski definition) is 3. The van der Waals surface area contributed by atoms with Crippen LogP contribution in [0.1, 0.15) is 11.1 Å². The molecule has 3 nitrogen and oxygen atoms in total. The molecule has 21 heavy (non-hydrogen) atoms. The van der Waals surface area contributed by atoms with E-state index in [-0.39, 0.29) is 5.82 Å². The van der Waals surface area contributed by atoms with Gasteiger partial charge < -0.3 is 0 Å². The molecule has 0 atom stereocenters. The van der Waals surface area contributed by atoms with E-state index in [1.807, 2.05) is 19.1 Å². The molecule has 1 aromatic heterocycles. The topological polar surface area (TPSA) is 37.8 Å². The van der Waals surface area contributed by atoms with Gasteiger partial charge in [-0.3, -0.25) is 0 Å². The molecule has 0 aliphatic heterocycles. The monoisotopic (exact) mass is 368 g/mol. The van der Waals surface area contributed by atoms with Gasteiger partial charge in [-0.2, -0.15) is 0 Å². The second-order valence-electron chi connectivity index (χ2n) is 4.92. The zero-order valence-electron chi connectivity index (χ0n) is 11.6. The summed E-state index contributed by atoms with van der Waals surface area (Å²) in [4.78, 5) is 8.60. The van der Waals surface area contributed by atoms with Crippen molar-refractivity contribution in [2.45, 2.75) is 13.8 Å². The molecule has 0 aliphatic carbocycles. The van der Waals surface area contributed by atoms with Crippen LogP contribution in [0.3, 0.4) is 0 Å². The van der Waals surface area contributed by atoms with Gasteiger partial charge in [-0.1, -0.05) is 0 Å². The van der Waals surface area contributed by atoms with Crippen molar-refractivity contribution in [3.05, 3.63) is 53.6 Å². The number of benzene rings is 2. The normalized spacial score (nSPS) is 10.9. The first-order chi connectivity index (χ1) is 10.0. The van der Waals surface area contributed by atoms with Gasteiger partial charge in [-0.05, 0) is 0 Å². The molecule has 0 aliphatic rings. The summed E-state index contributed by atoms with van der Waals surface area (Å²) in [6.07, 6.45) is 1.53. The van der Waals surface area contributed by atoms with Crippen molar-refractivity contribution in [2.24, 2.45) is 0 Å². The van der Waals surface area contributed by atoms with Gasteiger partial charge in [-0.15, -0.1) is 0 Å². The van der Waals surface area contributed by atoms with Crippen molar-refractivity contribution >= 4 is 26.6 Å². The van der Waals surface area contributed by atoms with Gasteiger partial charge in [0.25, 0.3) is 0 Å². The Balaban J connectivity index is 2.07. The second-order valence-corrected chi connectivity index (χ2v) is 5.85. The molecule has 0 spiro atoms. The molecule has 0 bridgehead atoms. The van der Waals surface area contributed by atoms with Crippen LogP contribution in [0.15, 0.2) is 36.7 Å². The maximum absolute atomic E-state index is 13.3. The standard InChI is InChI=1S/C16H13FN3.Ru/c1-10-3-5-13-15(7-10)18-9-19-16(13)20-12-4-6-14(17)11(2)8-12;/h4-9H,1-2H3,(H,18,19,20);. The van der Waals surface area contributed by atoms with Crippen molar-refractivity contribution in [1.29, 1.82) is 0 Å². The maximum atomic E-state index is 13.3. The first-order valence-electron chi connectivity index (χ1n) is 6.47. The van der Waals surface area contributed by atoms with Crippen molar-refractivity contribution < 1.29 is 22.7 Å². The average molecular weight is 367 g/mol. The summed E-state index contributed by atoms with van der Waals surface area (Å²) in [5, 5.41) is 4.18. The van der Waals surface area contributed by atoms with Gasteiger partial charge in [0.15, 0.2) is 0 Å². The van der Waals surface area contributed by atoms with E-state index in [9.17, 15) is 4.39 Å². The minimum absolute atomic E-state index is 0.212. The Morgan fingerprint density at radius 3 is 2.62 bits per heavy atom. The molecule has 107 valence electrons. The summed E-state index contributed by atoms with van der Waals surface area (Å²) in [7, 11) is 0. The number of fused-ring (bicyclic) bond motifs is 1. The van der Waals surface area contributed by atoms with Crippen LogP contribution in [0.25, 0.3) is 10.9 Å². The van der Waals surface area contributed by atoms with Crippen LogP contribution < -0.4 is 9.47 Å². The predicted octanol–water partition coefficient (Wildman–Crippen LogP) is 3.30. The van der Waals surface area contributed by atoms with E-state index in [4.69, 9.17) is 0 Å². The van der Waals surface area contributed by atoms with Gasteiger partial charge in [0.05, 0.1) is 0 Å². The number of rotatable bonds is 2. The number of nitrogens with one attached hydrogen (secondary N) is 1. The Morgan fingerprint density at radius 2 is 1.86 bits per heavy atom. The summed E-state index contributed by atoms with van der Waals surface area (Å²) in [6.45, 7) is 3.78. The molecular formula is C16H13FN3Ru. The molecule has 0 amide bonds. The Bertz CT molecular complexity index is 833. The van der Waals surface area contributed by atoms with Crippen LogP contribution in [-0.2, 0) is 18.3 Å². The van der Waals surface area contributed by atoms with Crippen molar-refractivity contribution in [1.82, 2.24) is 9.97 Å².